The Morgan fingerprint density at radius 2 is 0.476 bits per heavy atom. The van der Waals surface area contributed by atoms with Gasteiger partial charge in [-0.05, 0) is 103 Å². The summed E-state index contributed by atoms with van der Waals surface area (Å²) >= 11 is 0. The lowest BCUT2D eigenvalue weighted by Crippen LogP contribution is -2.30. The van der Waals surface area contributed by atoms with Gasteiger partial charge in [0.15, 0.2) is 6.10 Å². The number of hydrogen-bond acceptors (Lipinski definition) is 6. The van der Waals surface area contributed by atoms with E-state index in [1.165, 1.54) is 186 Å². The van der Waals surface area contributed by atoms with Crippen LogP contribution in [0, 0.1) is 0 Å². The van der Waals surface area contributed by atoms with Gasteiger partial charge in [0.2, 0.25) is 0 Å². The highest BCUT2D eigenvalue weighted by atomic mass is 16.6. The van der Waals surface area contributed by atoms with E-state index in [1.54, 1.807) is 0 Å². The highest BCUT2D eigenvalue weighted by molar-refractivity contribution is 5.71. The minimum atomic E-state index is -0.794. The summed E-state index contributed by atoms with van der Waals surface area (Å²) in [6.45, 7) is 6.53. The lowest BCUT2D eigenvalue weighted by molar-refractivity contribution is -0.167. The van der Waals surface area contributed by atoms with E-state index < -0.39 is 6.10 Å². The number of ether oxygens (including phenoxy) is 3. The van der Waals surface area contributed by atoms with Crippen LogP contribution in [0.15, 0.2) is 97.2 Å². The normalized spacial score (nSPS) is 12.7. The molecule has 0 aromatic heterocycles. The second kappa shape index (κ2) is 69.8. The molecule has 0 aromatic rings. The summed E-state index contributed by atoms with van der Waals surface area (Å²) in [6.07, 6.45) is 94.2. The molecule has 0 saturated carbocycles. The first-order valence-electron chi connectivity index (χ1n) is 35.2. The number of esters is 3. The molecular weight excluding hydrogens is 1010 g/mol. The fraction of sp³-hybridized carbons (Fsp3) is 0.750. The van der Waals surface area contributed by atoms with Crippen molar-refractivity contribution < 1.29 is 28.6 Å². The Bertz CT molecular complexity index is 1590. The van der Waals surface area contributed by atoms with Gasteiger partial charge in [0.25, 0.3) is 0 Å². The maximum atomic E-state index is 13.0. The molecule has 0 aliphatic heterocycles. The van der Waals surface area contributed by atoms with Crippen molar-refractivity contribution in [3.63, 3.8) is 0 Å². The molecule has 0 rings (SSSR count). The van der Waals surface area contributed by atoms with Crippen molar-refractivity contribution in [2.45, 2.75) is 354 Å². The van der Waals surface area contributed by atoms with Gasteiger partial charge >= 0.3 is 17.9 Å². The van der Waals surface area contributed by atoms with Crippen molar-refractivity contribution in [2.24, 2.45) is 0 Å². The third-order valence-electron chi connectivity index (χ3n) is 15.3. The summed E-state index contributed by atoms with van der Waals surface area (Å²) in [4.78, 5) is 38.5. The summed E-state index contributed by atoms with van der Waals surface area (Å²) < 4.78 is 17.0. The summed E-state index contributed by atoms with van der Waals surface area (Å²) in [6, 6.07) is 0. The van der Waals surface area contributed by atoms with E-state index in [0.29, 0.717) is 19.3 Å². The quantitative estimate of drug-likeness (QED) is 0.0261. The zero-order valence-electron chi connectivity index (χ0n) is 54.2. The second-order valence-electron chi connectivity index (χ2n) is 23.4. The Labute approximate surface area is 508 Å². The molecular formula is C76H132O6. The minimum absolute atomic E-state index is 0.0877. The molecule has 0 amide bonds. The molecule has 0 heterocycles. The Morgan fingerprint density at radius 1 is 0.256 bits per heavy atom. The van der Waals surface area contributed by atoms with Crippen molar-refractivity contribution in [2.75, 3.05) is 13.2 Å². The number of carbonyl (C=O) groups excluding carboxylic acids is 3. The van der Waals surface area contributed by atoms with Gasteiger partial charge in [0.05, 0.1) is 0 Å². The van der Waals surface area contributed by atoms with Crippen LogP contribution in [0.1, 0.15) is 348 Å². The van der Waals surface area contributed by atoms with Gasteiger partial charge in [-0.15, -0.1) is 0 Å². The standard InChI is InChI=1S/C76H132O6/c1-4-7-10-13-16-19-22-25-28-31-34-36-38-40-42-45-48-51-54-57-60-63-66-69-75(78)81-72-73(71-80-74(77)68-65-62-59-56-53-50-47-44-33-30-27-24-21-18-15-12-9-6-3)82-76(79)70-67-64-61-58-55-52-49-46-43-41-39-37-35-32-29-26-23-20-17-14-11-8-5-2/h7,10,16,19,21,24-25,28,30,33-34,36,40,42,48,51,73H,4-6,8-9,11-15,17-18,20,22-23,26-27,29,31-32,35,37-39,41,43-47,49-50,52-72H2,1-3H3/b10-7-,19-16-,24-21-,28-25-,33-30-,36-34-,42-40-,51-48-. The van der Waals surface area contributed by atoms with Crippen LogP contribution in [-0.4, -0.2) is 37.2 Å². The molecule has 0 radical (unpaired) electrons. The van der Waals surface area contributed by atoms with Crippen LogP contribution in [0.25, 0.3) is 0 Å². The predicted molar refractivity (Wildman–Crippen MR) is 357 cm³/mol. The number of hydrogen-bond donors (Lipinski definition) is 0. The molecule has 1 unspecified atom stereocenters. The van der Waals surface area contributed by atoms with E-state index in [-0.39, 0.29) is 31.1 Å². The molecule has 0 saturated heterocycles. The first kappa shape index (κ1) is 78.3. The van der Waals surface area contributed by atoms with Gasteiger partial charge in [0, 0.05) is 19.3 Å². The average Bonchev–Trinajstić information content (AvgIpc) is 3.47. The maximum Gasteiger partial charge on any atom is 0.306 e. The van der Waals surface area contributed by atoms with Crippen LogP contribution in [-0.2, 0) is 28.6 Å². The second-order valence-corrected chi connectivity index (χ2v) is 23.4. The van der Waals surface area contributed by atoms with Gasteiger partial charge in [-0.3, -0.25) is 14.4 Å². The van der Waals surface area contributed by atoms with Crippen molar-refractivity contribution in [1.29, 1.82) is 0 Å². The van der Waals surface area contributed by atoms with E-state index in [1.807, 2.05) is 0 Å². The summed E-state index contributed by atoms with van der Waals surface area (Å²) in [7, 11) is 0. The third-order valence-corrected chi connectivity index (χ3v) is 15.3. The van der Waals surface area contributed by atoms with Crippen LogP contribution in [0.5, 0.6) is 0 Å². The minimum Gasteiger partial charge on any atom is -0.462 e. The highest BCUT2D eigenvalue weighted by Crippen LogP contribution is 2.17. The van der Waals surface area contributed by atoms with Gasteiger partial charge in [-0.2, -0.15) is 0 Å². The van der Waals surface area contributed by atoms with E-state index in [2.05, 4.69) is 118 Å². The highest BCUT2D eigenvalue weighted by Gasteiger charge is 2.19. The van der Waals surface area contributed by atoms with Crippen LogP contribution in [0.2, 0.25) is 0 Å². The summed E-state index contributed by atoms with van der Waals surface area (Å²) in [5.74, 6) is -0.902. The lowest BCUT2D eigenvalue weighted by Gasteiger charge is -2.18. The molecule has 1 atom stereocenters. The van der Waals surface area contributed by atoms with E-state index in [0.717, 1.165) is 122 Å². The molecule has 0 N–H and O–H groups in total. The van der Waals surface area contributed by atoms with E-state index in [4.69, 9.17) is 14.2 Å². The average molecular weight is 1140 g/mol. The number of unbranched alkanes of at least 4 members (excludes halogenated alkanes) is 37. The van der Waals surface area contributed by atoms with E-state index in [9.17, 15) is 14.4 Å². The molecule has 0 fully saturated rings. The monoisotopic (exact) mass is 1140 g/mol. The number of carbonyl (C=O) groups is 3. The maximum absolute atomic E-state index is 13.0. The van der Waals surface area contributed by atoms with Crippen molar-refractivity contribution >= 4 is 17.9 Å². The zero-order valence-corrected chi connectivity index (χ0v) is 54.2. The van der Waals surface area contributed by atoms with Gasteiger partial charge in [-0.25, -0.2) is 0 Å². The molecule has 82 heavy (non-hydrogen) atoms. The first-order valence-corrected chi connectivity index (χ1v) is 35.2. The van der Waals surface area contributed by atoms with Crippen molar-refractivity contribution in [1.82, 2.24) is 0 Å². The van der Waals surface area contributed by atoms with Crippen LogP contribution in [0.3, 0.4) is 0 Å². The van der Waals surface area contributed by atoms with Crippen LogP contribution < -0.4 is 0 Å². The molecule has 0 bridgehead atoms. The smallest absolute Gasteiger partial charge is 0.306 e. The summed E-state index contributed by atoms with van der Waals surface area (Å²) in [5.41, 5.74) is 0. The topological polar surface area (TPSA) is 78.9 Å². The molecule has 0 aromatic carbocycles. The molecule has 6 heteroatoms. The zero-order chi connectivity index (χ0) is 59.2. The first-order chi connectivity index (χ1) is 40.5. The van der Waals surface area contributed by atoms with Crippen molar-refractivity contribution in [3.05, 3.63) is 97.2 Å². The Morgan fingerprint density at radius 3 is 0.756 bits per heavy atom. The van der Waals surface area contributed by atoms with Gasteiger partial charge < -0.3 is 14.2 Å². The largest absolute Gasteiger partial charge is 0.462 e. The Balaban J connectivity index is 4.41. The Kier molecular flexibility index (Phi) is 66.7. The number of rotatable bonds is 64. The van der Waals surface area contributed by atoms with Crippen LogP contribution >= 0.6 is 0 Å². The van der Waals surface area contributed by atoms with Gasteiger partial charge in [0.1, 0.15) is 13.2 Å². The third kappa shape index (κ3) is 67.1. The van der Waals surface area contributed by atoms with Crippen LogP contribution in [0.4, 0.5) is 0 Å². The SMILES string of the molecule is CC/C=C\C/C=C\C/C=C\C/C=C\C/C=C\C/C=C\CCCCCCC(=O)OCC(COC(=O)CCCCCCCCC/C=C\C/C=C\CCCCCC)OC(=O)CCCCCCCCCCCCCCCCCCCCCCCCC. The molecule has 0 spiro atoms. The molecule has 0 aliphatic carbocycles. The van der Waals surface area contributed by atoms with E-state index >= 15 is 0 Å². The van der Waals surface area contributed by atoms with Gasteiger partial charge in [-0.1, -0.05) is 323 Å². The summed E-state index contributed by atoms with van der Waals surface area (Å²) in [5, 5.41) is 0. The lowest BCUT2D eigenvalue weighted by atomic mass is 10.0. The molecule has 6 nitrogen and oxygen atoms in total. The van der Waals surface area contributed by atoms with Crippen molar-refractivity contribution in [3.8, 4) is 0 Å². The molecule has 0 aliphatic rings. The Hall–Kier alpha value is -3.67. The number of allylic oxidation sites excluding steroid dienone is 16. The fourth-order valence-electron chi connectivity index (χ4n) is 10.1. The molecule has 472 valence electrons. The predicted octanol–water partition coefficient (Wildman–Crippen LogP) is 24.4. The fourth-order valence-corrected chi connectivity index (χ4v) is 10.1.